The molecule has 1 aromatic heterocycles. The lowest BCUT2D eigenvalue weighted by atomic mass is 10.1. The summed E-state index contributed by atoms with van der Waals surface area (Å²) in [5.74, 6) is 0.656. The number of methoxy groups -OCH3 is 1. The largest absolute Gasteiger partial charge is 0.480 e. The Labute approximate surface area is 151 Å². The molecule has 9 heteroatoms. The Hall–Kier alpha value is -1.90. The van der Waals surface area contributed by atoms with Gasteiger partial charge in [-0.25, -0.2) is 8.42 Å². The normalized spacial score (nSPS) is 18.7. The van der Waals surface area contributed by atoms with Crippen LogP contribution in [-0.2, 0) is 10.0 Å². The number of halogens is 1. The van der Waals surface area contributed by atoms with Gasteiger partial charge in [0, 0.05) is 11.6 Å². The molecule has 0 amide bonds. The first-order valence-electron chi connectivity index (χ1n) is 7.77. The van der Waals surface area contributed by atoms with E-state index in [1.165, 1.54) is 29.9 Å². The van der Waals surface area contributed by atoms with E-state index in [9.17, 15) is 8.42 Å². The minimum absolute atomic E-state index is 0.182. The molecule has 0 radical (unpaired) electrons. The number of benzene rings is 1. The second-order valence-electron chi connectivity index (χ2n) is 5.60. The molecule has 0 saturated carbocycles. The molecule has 0 aliphatic carbocycles. The number of piperidine rings is 1. The number of ether oxygens (including phenoxy) is 2. The molecule has 3 rings (SSSR count). The fourth-order valence-electron chi connectivity index (χ4n) is 2.65. The molecule has 1 aromatic carbocycles. The Morgan fingerprint density at radius 3 is 2.84 bits per heavy atom. The van der Waals surface area contributed by atoms with Crippen LogP contribution in [0.4, 0.5) is 0 Å². The van der Waals surface area contributed by atoms with E-state index in [4.69, 9.17) is 21.1 Å². The summed E-state index contributed by atoms with van der Waals surface area (Å²) in [6.07, 6.45) is 4.09. The van der Waals surface area contributed by atoms with Crippen molar-refractivity contribution < 1.29 is 17.9 Å². The molecular weight excluding hydrogens is 366 g/mol. The van der Waals surface area contributed by atoms with Gasteiger partial charge < -0.3 is 9.47 Å². The van der Waals surface area contributed by atoms with Gasteiger partial charge in [-0.1, -0.05) is 17.7 Å². The lowest BCUT2D eigenvalue weighted by Gasteiger charge is -2.31. The Morgan fingerprint density at radius 1 is 1.28 bits per heavy atom. The first-order valence-corrected chi connectivity index (χ1v) is 9.59. The molecule has 0 N–H and O–H groups in total. The second kappa shape index (κ2) is 7.55. The first-order chi connectivity index (χ1) is 12.0. The molecule has 1 aliphatic heterocycles. The van der Waals surface area contributed by atoms with Gasteiger partial charge in [-0.15, -0.1) is 0 Å². The van der Waals surface area contributed by atoms with Gasteiger partial charge in [0.2, 0.25) is 21.8 Å². The van der Waals surface area contributed by atoms with Gasteiger partial charge in [-0.2, -0.15) is 9.29 Å². The van der Waals surface area contributed by atoms with E-state index in [0.29, 0.717) is 29.7 Å². The Balaban J connectivity index is 1.74. The van der Waals surface area contributed by atoms with Crippen molar-refractivity contribution in [2.75, 3.05) is 20.2 Å². The molecule has 25 heavy (non-hydrogen) atoms. The minimum Gasteiger partial charge on any atom is -0.480 e. The highest BCUT2D eigenvalue weighted by molar-refractivity contribution is 7.89. The third-order valence-electron chi connectivity index (χ3n) is 3.86. The summed E-state index contributed by atoms with van der Waals surface area (Å²) in [6, 6.07) is 6.26. The van der Waals surface area contributed by atoms with E-state index < -0.39 is 10.0 Å². The van der Waals surface area contributed by atoms with Crippen LogP contribution >= 0.6 is 11.6 Å². The first kappa shape index (κ1) is 17.9. The quantitative estimate of drug-likeness (QED) is 0.788. The minimum atomic E-state index is -3.61. The van der Waals surface area contributed by atoms with E-state index in [2.05, 4.69) is 9.97 Å². The van der Waals surface area contributed by atoms with E-state index in [1.54, 1.807) is 18.2 Å². The molecule has 1 saturated heterocycles. The second-order valence-corrected chi connectivity index (χ2v) is 7.98. The van der Waals surface area contributed by atoms with Gasteiger partial charge in [0.1, 0.15) is 6.10 Å². The SMILES string of the molecule is COc1cncc(OC2CCCN(S(=O)(=O)c3cccc(Cl)c3)C2)n1. The number of rotatable bonds is 5. The average molecular weight is 384 g/mol. The van der Waals surface area contributed by atoms with Crippen LogP contribution in [0.15, 0.2) is 41.6 Å². The number of sulfonamides is 1. The fourth-order valence-corrected chi connectivity index (χ4v) is 4.46. The maximum Gasteiger partial charge on any atom is 0.243 e. The molecule has 2 heterocycles. The van der Waals surface area contributed by atoms with Gasteiger partial charge in [0.25, 0.3) is 0 Å². The van der Waals surface area contributed by atoms with Crippen molar-refractivity contribution >= 4 is 21.6 Å². The summed E-state index contributed by atoms with van der Waals surface area (Å²) >= 11 is 5.92. The van der Waals surface area contributed by atoms with E-state index >= 15 is 0 Å². The third-order valence-corrected chi connectivity index (χ3v) is 5.96. The highest BCUT2D eigenvalue weighted by Crippen LogP contribution is 2.25. The Morgan fingerprint density at radius 2 is 2.08 bits per heavy atom. The van der Waals surface area contributed by atoms with Gasteiger partial charge in [-0.3, -0.25) is 4.98 Å². The number of hydrogen-bond acceptors (Lipinski definition) is 6. The van der Waals surface area contributed by atoms with Crippen LogP contribution < -0.4 is 9.47 Å². The molecule has 2 aromatic rings. The topological polar surface area (TPSA) is 81.6 Å². The summed E-state index contributed by atoms with van der Waals surface area (Å²) in [5, 5.41) is 0.387. The molecule has 134 valence electrons. The lowest BCUT2D eigenvalue weighted by Crippen LogP contribution is -2.44. The molecule has 1 fully saturated rings. The number of aromatic nitrogens is 2. The van der Waals surface area contributed by atoms with Gasteiger partial charge in [0.15, 0.2) is 0 Å². The van der Waals surface area contributed by atoms with Crippen molar-refractivity contribution in [1.82, 2.24) is 14.3 Å². The highest BCUT2D eigenvalue weighted by Gasteiger charge is 2.31. The zero-order chi connectivity index (χ0) is 17.9. The standard InChI is InChI=1S/C16H18ClN3O4S/c1-23-15-9-18-10-16(19-15)24-13-5-3-7-20(11-13)25(21,22)14-6-2-4-12(17)8-14/h2,4,6,8-10,13H,3,5,7,11H2,1H3. The summed E-state index contributed by atoms with van der Waals surface area (Å²) in [6.45, 7) is 0.687. The van der Waals surface area contributed by atoms with Crippen LogP contribution in [0.25, 0.3) is 0 Å². The monoisotopic (exact) mass is 383 g/mol. The van der Waals surface area contributed by atoms with Crippen LogP contribution in [0, 0.1) is 0 Å². The molecule has 0 bridgehead atoms. The van der Waals surface area contributed by atoms with Crippen molar-refractivity contribution in [3.63, 3.8) is 0 Å². The zero-order valence-electron chi connectivity index (χ0n) is 13.6. The van der Waals surface area contributed by atoms with Crippen molar-refractivity contribution in [2.24, 2.45) is 0 Å². The van der Waals surface area contributed by atoms with Gasteiger partial charge in [0.05, 0.1) is 30.9 Å². The van der Waals surface area contributed by atoms with Crippen molar-refractivity contribution in [3.8, 4) is 11.8 Å². The number of hydrogen-bond donors (Lipinski definition) is 0. The average Bonchev–Trinajstić information content (AvgIpc) is 2.62. The van der Waals surface area contributed by atoms with E-state index in [-0.39, 0.29) is 17.5 Å². The molecule has 1 unspecified atom stereocenters. The third kappa shape index (κ3) is 4.20. The summed E-state index contributed by atoms with van der Waals surface area (Å²) in [5.41, 5.74) is 0. The maximum absolute atomic E-state index is 12.8. The number of nitrogens with zero attached hydrogens (tertiary/aromatic N) is 3. The predicted molar refractivity (Wildman–Crippen MR) is 92.4 cm³/mol. The molecule has 1 aliphatic rings. The van der Waals surface area contributed by atoms with Crippen LogP contribution in [0.2, 0.25) is 5.02 Å². The van der Waals surface area contributed by atoms with E-state index in [0.717, 1.165) is 6.42 Å². The summed E-state index contributed by atoms with van der Waals surface area (Å²) in [4.78, 5) is 8.32. The van der Waals surface area contributed by atoms with Gasteiger partial charge >= 0.3 is 0 Å². The molecule has 7 nitrogen and oxygen atoms in total. The lowest BCUT2D eigenvalue weighted by molar-refractivity contribution is 0.123. The van der Waals surface area contributed by atoms with Crippen LogP contribution in [0.5, 0.6) is 11.8 Å². The molecule has 1 atom stereocenters. The van der Waals surface area contributed by atoms with Crippen molar-refractivity contribution in [3.05, 3.63) is 41.7 Å². The Bertz CT molecular complexity index is 847. The predicted octanol–water partition coefficient (Wildman–Crippen LogP) is 2.37. The molecule has 0 spiro atoms. The van der Waals surface area contributed by atoms with Crippen LogP contribution in [-0.4, -0.2) is 49.0 Å². The smallest absolute Gasteiger partial charge is 0.243 e. The van der Waals surface area contributed by atoms with Gasteiger partial charge in [-0.05, 0) is 31.0 Å². The van der Waals surface area contributed by atoms with E-state index in [1.807, 2.05) is 0 Å². The summed E-state index contributed by atoms with van der Waals surface area (Å²) in [7, 11) is -2.12. The van der Waals surface area contributed by atoms with Crippen LogP contribution in [0.1, 0.15) is 12.8 Å². The Kier molecular flexibility index (Phi) is 5.41. The zero-order valence-corrected chi connectivity index (χ0v) is 15.2. The fraction of sp³-hybridized carbons (Fsp3) is 0.375. The van der Waals surface area contributed by atoms with Crippen molar-refractivity contribution in [1.29, 1.82) is 0 Å². The van der Waals surface area contributed by atoms with Crippen molar-refractivity contribution in [2.45, 2.75) is 23.8 Å². The summed E-state index contributed by atoms with van der Waals surface area (Å²) < 4.78 is 37.8. The highest BCUT2D eigenvalue weighted by atomic mass is 35.5. The molecular formula is C16H18ClN3O4S. The van der Waals surface area contributed by atoms with Crippen LogP contribution in [0.3, 0.4) is 0 Å². The maximum atomic E-state index is 12.8.